The van der Waals surface area contributed by atoms with Crippen molar-refractivity contribution in [3.05, 3.63) is 76.5 Å². The van der Waals surface area contributed by atoms with Crippen LogP contribution in [0.5, 0.6) is 0 Å². The van der Waals surface area contributed by atoms with Gasteiger partial charge in [0, 0.05) is 22.5 Å². The van der Waals surface area contributed by atoms with E-state index in [2.05, 4.69) is 58.3 Å². The summed E-state index contributed by atoms with van der Waals surface area (Å²) in [7, 11) is 0. The summed E-state index contributed by atoms with van der Waals surface area (Å²) in [6.07, 6.45) is 0.983. The summed E-state index contributed by atoms with van der Waals surface area (Å²) in [6.45, 7) is 2.91. The number of nitrogens with one attached hydrogen (secondary N) is 2. The predicted octanol–water partition coefficient (Wildman–Crippen LogP) is 5.40. The van der Waals surface area contributed by atoms with Gasteiger partial charge in [-0.05, 0) is 49.1 Å². The first kappa shape index (κ1) is 16.5. The molecule has 0 aliphatic heterocycles. The topological polar surface area (TPSA) is 49.8 Å². The van der Waals surface area contributed by atoms with E-state index in [1.807, 2.05) is 30.3 Å². The maximum Gasteiger partial charge on any atom is 0.229 e. The van der Waals surface area contributed by atoms with Crippen molar-refractivity contribution in [3.8, 4) is 0 Å². The number of para-hydroxylation sites is 1. The molecule has 0 fully saturated rings. The lowest BCUT2D eigenvalue weighted by atomic mass is 10.2. The molecule has 0 aliphatic rings. The highest BCUT2D eigenvalue weighted by Crippen LogP contribution is 2.24. The summed E-state index contributed by atoms with van der Waals surface area (Å²) in [6, 6.07) is 20.6. The molecular formula is C21H20N4S. The normalized spacial score (nSPS) is 10.8. The molecular weight excluding hydrogens is 340 g/mol. The van der Waals surface area contributed by atoms with E-state index in [4.69, 9.17) is 4.98 Å². The van der Waals surface area contributed by atoms with Crippen molar-refractivity contribution in [2.45, 2.75) is 13.3 Å². The van der Waals surface area contributed by atoms with Gasteiger partial charge in [-0.1, -0.05) is 35.9 Å². The molecule has 2 heterocycles. The van der Waals surface area contributed by atoms with Crippen molar-refractivity contribution in [2.24, 2.45) is 0 Å². The first-order valence-corrected chi connectivity index (χ1v) is 9.53. The number of aromatic nitrogens is 2. The first-order valence-electron chi connectivity index (χ1n) is 8.65. The smallest absolute Gasteiger partial charge is 0.229 e. The van der Waals surface area contributed by atoms with Crippen LogP contribution >= 0.6 is 11.3 Å². The van der Waals surface area contributed by atoms with E-state index in [9.17, 15) is 0 Å². The summed E-state index contributed by atoms with van der Waals surface area (Å²) in [4.78, 5) is 10.7. The van der Waals surface area contributed by atoms with Crippen LogP contribution in [0.2, 0.25) is 0 Å². The van der Waals surface area contributed by atoms with Crippen molar-refractivity contribution in [1.82, 2.24) is 9.97 Å². The van der Waals surface area contributed by atoms with Gasteiger partial charge in [-0.15, -0.1) is 11.3 Å². The number of benzene rings is 2. The molecule has 0 amide bonds. The Morgan fingerprint density at radius 3 is 2.58 bits per heavy atom. The highest BCUT2D eigenvalue weighted by molar-refractivity contribution is 7.09. The summed E-state index contributed by atoms with van der Waals surface area (Å²) >= 11 is 1.78. The second kappa shape index (κ2) is 7.54. The van der Waals surface area contributed by atoms with Crippen LogP contribution in [0.25, 0.3) is 10.9 Å². The van der Waals surface area contributed by atoms with E-state index >= 15 is 0 Å². The quantitative estimate of drug-likeness (QED) is 0.483. The minimum atomic E-state index is 0.603. The Morgan fingerprint density at radius 1 is 0.923 bits per heavy atom. The number of hydrogen-bond acceptors (Lipinski definition) is 5. The molecule has 0 saturated heterocycles. The fourth-order valence-electron chi connectivity index (χ4n) is 2.79. The summed E-state index contributed by atoms with van der Waals surface area (Å²) in [5.41, 5.74) is 3.14. The average molecular weight is 360 g/mol. The Bertz CT molecular complexity index is 994. The molecule has 4 aromatic rings. The van der Waals surface area contributed by atoms with E-state index < -0.39 is 0 Å². The second-order valence-corrected chi connectivity index (χ2v) is 7.19. The third-order valence-electron chi connectivity index (χ3n) is 4.15. The van der Waals surface area contributed by atoms with Crippen LogP contribution in [-0.2, 0) is 6.42 Å². The molecule has 0 radical (unpaired) electrons. The van der Waals surface area contributed by atoms with E-state index in [0.29, 0.717) is 5.95 Å². The third kappa shape index (κ3) is 3.83. The predicted molar refractivity (Wildman–Crippen MR) is 111 cm³/mol. The van der Waals surface area contributed by atoms with Crippen LogP contribution in [0.1, 0.15) is 10.4 Å². The van der Waals surface area contributed by atoms with Crippen molar-refractivity contribution >= 4 is 39.7 Å². The van der Waals surface area contributed by atoms with Gasteiger partial charge < -0.3 is 10.6 Å². The van der Waals surface area contributed by atoms with Gasteiger partial charge in [0.15, 0.2) is 0 Å². The number of thiophene rings is 1. The molecule has 0 atom stereocenters. The fourth-order valence-corrected chi connectivity index (χ4v) is 3.50. The number of aryl methyl sites for hydroxylation is 1. The molecule has 130 valence electrons. The van der Waals surface area contributed by atoms with Gasteiger partial charge in [-0.2, -0.15) is 4.98 Å². The van der Waals surface area contributed by atoms with E-state index in [1.165, 1.54) is 10.4 Å². The number of hydrogen-bond donors (Lipinski definition) is 2. The van der Waals surface area contributed by atoms with Crippen LogP contribution in [0.3, 0.4) is 0 Å². The lowest BCUT2D eigenvalue weighted by molar-refractivity contribution is 1.03. The van der Waals surface area contributed by atoms with Gasteiger partial charge in [-0.25, -0.2) is 4.98 Å². The highest BCUT2D eigenvalue weighted by Gasteiger charge is 2.08. The zero-order valence-corrected chi connectivity index (χ0v) is 15.4. The Balaban J connectivity index is 1.58. The molecule has 26 heavy (non-hydrogen) atoms. The number of rotatable bonds is 6. The van der Waals surface area contributed by atoms with Crippen molar-refractivity contribution in [2.75, 3.05) is 17.2 Å². The molecule has 2 aromatic heterocycles. The third-order valence-corrected chi connectivity index (χ3v) is 5.09. The summed E-state index contributed by atoms with van der Waals surface area (Å²) < 4.78 is 0. The van der Waals surface area contributed by atoms with E-state index in [1.54, 1.807) is 11.3 Å². The minimum Gasteiger partial charge on any atom is -0.369 e. The van der Waals surface area contributed by atoms with Crippen LogP contribution in [0, 0.1) is 6.92 Å². The van der Waals surface area contributed by atoms with Crippen LogP contribution in [0.4, 0.5) is 17.5 Å². The van der Waals surface area contributed by atoms with Gasteiger partial charge in [0.25, 0.3) is 0 Å². The molecule has 4 nitrogen and oxygen atoms in total. The van der Waals surface area contributed by atoms with Gasteiger partial charge in [-0.3, -0.25) is 0 Å². The van der Waals surface area contributed by atoms with Crippen LogP contribution < -0.4 is 10.6 Å². The molecule has 0 aliphatic carbocycles. The number of nitrogens with zero attached hydrogens (tertiary/aromatic N) is 2. The van der Waals surface area contributed by atoms with Crippen molar-refractivity contribution < 1.29 is 0 Å². The first-order chi connectivity index (χ1) is 12.8. The van der Waals surface area contributed by atoms with E-state index in [0.717, 1.165) is 35.4 Å². The van der Waals surface area contributed by atoms with Crippen LogP contribution in [0.15, 0.2) is 66.0 Å². The maximum atomic E-state index is 4.71. The number of anilines is 3. The zero-order chi connectivity index (χ0) is 17.8. The van der Waals surface area contributed by atoms with Gasteiger partial charge >= 0.3 is 0 Å². The molecule has 0 saturated carbocycles. The fraction of sp³-hybridized carbons (Fsp3) is 0.143. The zero-order valence-electron chi connectivity index (χ0n) is 14.6. The molecule has 0 unspecified atom stereocenters. The molecule has 4 rings (SSSR count). The average Bonchev–Trinajstić information content (AvgIpc) is 3.17. The largest absolute Gasteiger partial charge is 0.369 e. The Kier molecular flexibility index (Phi) is 4.80. The Hall–Kier alpha value is -2.92. The Morgan fingerprint density at radius 2 is 1.77 bits per heavy atom. The van der Waals surface area contributed by atoms with E-state index in [-0.39, 0.29) is 0 Å². The monoisotopic (exact) mass is 360 g/mol. The van der Waals surface area contributed by atoms with Gasteiger partial charge in [0.2, 0.25) is 5.95 Å². The van der Waals surface area contributed by atoms with Gasteiger partial charge in [0.1, 0.15) is 5.82 Å². The number of fused-ring (bicyclic) bond motifs is 1. The van der Waals surface area contributed by atoms with Crippen molar-refractivity contribution in [3.63, 3.8) is 0 Å². The molecule has 0 bridgehead atoms. The second-order valence-electron chi connectivity index (χ2n) is 6.16. The molecule has 0 spiro atoms. The highest BCUT2D eigenvalue weighted by atomic mass is 32.1. The Labute approximate surface area is 157 Å². The lowest BCUT2D eigenvalue weighted by Crippen LogP contribution is -2.08. The summed E-state index contributed by atoms with van der Waals surface area (Å²) in [5, 5.41) is 9.93. The molecule has 5 heteroatoms. The van der Waals surface area contributed by atoms with Crippen LogP contribution in [-0.4, -0.2) is 16.5 Å². The maximum absolute atomic E-state index is 4.71. The minimum absolute atomic E-state index is 0.603. The standard InChI is InChI=1S/C21H20N4S/c1-15-8-10-16(11-9-15)23-21-24-19-7-3-2-6-18(19)20(25-21)22-13-12-17-5-4-14-26-17/h2-11,14H,12-13H2,1H3,(H2,22,23,24,25). The SMILES string of the molecule is Cc1ccc(Nc2nc(NCCc3cccs3)c3ccccc3n2)cc1. The molecule has 2 N–H and O–H groups in total. The molecule has 2 aromatic carbocycles. The van der Waals surface area contributed by atoms with Crippen molar-refractivity contribution in [1.29, 1.82) is 0 Å². The lowest BCUT2D eigenvalue weighted by Gasteiger charge is -2.12. The van der Waals surface area contributed by atoms with Gasteiger partial charge in [0.05, 0.1) is 5.52 Å². The summed E-state index contributed by atoms with van der Waals surface area (Å²) in [5.74, 6) is 1.47.